The lowest BCUT2D eigenvalue weighted by Gasteiger charge is -2.27. The van der Waals surface area contributed by atoms with Crippen molar-refractivity contribution in [2.75, 3.05) is 33.1 Å². The third kappa shape index (κ3) is 4.48. The van der Waals surface area contributed by atoms with Crippen LogP contribution in [0.25, 0.3) is 11.4 Å². The summed E-state index contributed by atoms with van der Waals surface area (Å²) in [5.74, 6) is 2.33. The molecule has 0 saturated carbocycles. The zero-order valence-electron chi connectivity index (χ0n) is 16.1. The number of rotatable bonds is 7. The Kier molecular flexibility index (Phi) is 6.93. The minimum Gasteiger partial charge on any atom is -0.497 e. The molecule has 2 heterocycles. The number of allylic oxidation sites excluding steroid dienone is 1. The fraction of sp³-hybridized carbons (Fsp3) is 0.421. The Hall–Kier alpha value is -2.10. The van der Waals surface area contributed by atoms with E-state index in [1.165, 1.54) is 12.0 Å². The van der Waals surface area contributed by atoms with Gasteiger partial charge in [-0.05, 0) is 36.5 Å². The van der Waals surface area contributed by atoms with Crippen molar-refractivity contribution >= 4 is 29.9 Å². The number of quaternary nitrogens is 1. The summed E-state index contributed by atoms with van der Waals surface area (Å²) in [7, 11) is 3.08. The Labute approximate surface area is 173 Å². The number of hydrogen-bond donors (Lipinski definition) is 1. The lowest BCUT2D eigenvalue weighted by atomic mass is 10.2. The van der Waals surface area contributed by atoms with Gasteiger partial charge in [-0.3, -0.25) is 9.36 Å². The number of hydrogen-bond acceptors (Lipinski definition) is 6. The zero-order chi connectivity index (χ0) is 20.1. The molecule has 0 bridgehead atoms. The number of esters is 1. The Morgan fingerprint density at radius 1 is 1.43 bits per heavy atom. The summed E-state index contributed by atoms with van der Waals surface area (Å²) >= 11 is 7.33. The summed E-state index contributed by atoms with van der Waals surface area (Å²) in [6.07, 6.45) is 1.81. The summed E-state index contributed by atoms with van der Waals surface area (Å²) in [5, 5.41) is 4.64. The summed E-state index contributed by atoms with van der Waals surface area (Å²) < 4.78 is 14.6. The number of thioether (sulfide) groups is 1. The number of nitrogens with one attached hydrogen (secondary N) is 1. The maximum absolute atomic E-state index is 11.9. The first kappa shape index (κ1) is 20.6. The third-order valence-corrected chi connectivity index (χ3v) is 6.30. The van der Waals surface area contributed by atoms with E-state index in [0.29, 0.717) is 24.5 Å². The Morgan fingerprint density at radius 2 is 2.18 bits per heavy atom. The number of carbonyl (C=O) groups is 1. The largest absolute Gasteiger partial charge is 0.497 e. The van der Waals surface area contributed by atoms with Crippen LogP contribution in [-0.4, -0.2) is 58.6 Å². The smallest absolute Gasteiger partial charge is 0.324 e. The molecule has 1 unspecified atom stereocenters. The number of carbonyl (C=O) groups excluding carboxylic acids is 1. The highest BCUT2D eigenvalue weighted by Crippen LogP contribution is 2.22. The molecule has 1 N–H and O–H groups in total. The monoisotopic (exact) mass is 421 g/mol. The molecule has 1 fully saturated rings. The number of aromatic nitrogens is 3. The van der Waals surface area contributed by atoms with Crippen LogP contribution in [0.1, 0.15) is 0 Å². The molecule has 3 rings (SSSR count). The number of methoxy groups -OCH3 is 2. The molecule has 2 atom stereocenters. The van der Waals surface area contributed by atoms with E-state index < -0.39 is 0 Å². The second kappa shape index (κ2) is 9.40. The second-order valence-electron chi connectivity index (χ2n) is 6.48. The van der Waals surface area contributed by atoms with Crippen molar-refractivity contribution in [3.05, 3.63) is 41.7 Å². The average molecular weight is 422 g/mol. The van der Waals surface area contributed by atoms with Crippen LogP contribution in [0.5, 0.6) is 5.75 Å². The van der Waals surface area contributed by atoms with E-state index in [4.69, 9.17) is 26.8 Å². The molecule has 1 aromatic heterocycles. The lowest BCUT2D eigenvalue weighted by Crippen LogP contribution is -3.14. The van der Waals surface area contributed by atoms with Gasteiger partial charge in [0.2, 0.25) is 4.77 Å². The van der Waals surface area contributed by atoms with Gasteiger partial charge in [0, 0.05) is 17.9 Å². The van der Waals surface area contributed by atoms with Gasteiger partial charge < -0.3 is 14.4 Å². The van der Waals surface area contributed by atoms with E-state index in [-0.39, 0.29) is 11.2 Å². The van der Waals surface area contributed by atoms with Crippen LogP contribution in [0.2, 0.25) is 0 Å². The first-order valence-corrected chi connectivity index (χ1v) is 10.5. The molecule has 1 aliphatic rings. The van der Waals surface area contributed by atoms with Gasteiger partial charge in [0.15, 0.2) is 17.7 Å². The fourth-order valence-corrected chi connectivity index (χ4v) is 4.74. The second-order valence-corrected chi connectivity index (χ2v) is 8.15. The van der Waals surface area contributed by atoms with Gasteiger partial charge in [0.1, 0.15) is 12.3 Å². The quantitative estimate of drug-likeness (QED) is 0.414. The predicted octanol–water partition coefficient (Wildman–Crippen LogP) is 1.41. The molecule has 0 aliphatic carbocycles. The maximum atomic E-state index is 11.9. The Balaban J connectivity index is 1.86. The van der Waals surface area contributed by atoms with Gasteiger partial charge in [-0.25, -0.2) is 0 Å². The van der Waals surface area contributed by atoms with Gasteiger partial charge in [0.25, 0.3) is 0 Å². The van der Waals surface area contributed by atoms with Crippen LogP contribution >= 0.6 is 24.0 Å². The standard InChI is InChI=1S/C19H24N4O3S2/c1-4-9-22-17(14-5-7-15(25-2)8-6-14)20-23(19(22)27)13-21-10-11-28-16(12-21)18(24)26-3/h4-8,16H,1,9-13H2,2-3H3/p+1/t16-/m1/s1. The van der Waals surface area contributed by atoms with Crippen LogP contribution in [0, 0.1) is 4.77 Å². The van der Waals surface area contributed by atoms with Crippen molar-refractivity contribution in [1.29, 1.82) is 0 Å². The summed E-state index contributed by atoms with van der Waals surface area (Å²) in [4.78, 5) is 13.1. The molecular formula is C19H25N4O3S2+. The van der Waals surface area contributed by atoms with E-state index in [1.54, 1.807) is 18.9 Å². The number of ether oxygens (including phenoxy) is 2. The molecule has 0 radical (unpaired) electrons. The molecule has 2 aromatic rings. The van der Waals surface area contributed by atoms with Gasteiger partial charge in [-0.15, -0.1) is 23.4 Å². The molecule has 0 spiro atoms. The van der Waals surface area contributed by atoms with Crippen LogP contribution in [0.4, 0.5) is 0 Å². The average Bonchev–Trinajstić information content (AvgIpc) is 3.03. The summed E-state index contributed by atoms with van der Waals surface area (Å²) in [5.41, 5.74) is 0.962. The van der Waals surface area contributed by atoms with E-state index >= 15 is 0 Å². The van der Waals surface area contributed by atoms with E-state index in [1.807, 2.05) is 39.6 Å². The number of benzene rings is 1. The normalized spacial score (nSPS) is 19.2. The highest BCUT2D eigenvalue weighted by Gasteiger charge is 2.30. The minimum atomic E-state index is -0.165. The minimum absolute atomic E-state index is 0.140. The zero-order valence-corrected chi connectivity index (χ0v) is 17.7. The SMILES string of the molecule is C=CCn1c(-c2ccc(OC)cc2)nn(C[NH+]2CCS[C@@H](C(=O)OC)C2)c1=S. The van der Waals surface area contributed by atoms with E-state index in [9.17, 15) is 4.79 Å². The molecule has 7 nitrogen and oxygen atoms in total. The van der Waals surface area contributed by atoms with Crippen molar-refractivity contribution in [3.63, 3.8) is 0 Å². The van der Waals surface area contributed by atoms with Crippen LogP contribution in [0.3, 0.4) is 0 Å². The van der Waals surface area contributed by atoms with Gasteiger partial charge in [-0.1, -0.05) is 6.08 Å². The van der Waals surface area contributed by atoms with Gasteiger partial charge in [0.05, 0.1) is 20.8 Å². The molecular weight excluding hydrogens is 396 g/mol. The van der Waals surface area contributed by atoms with Crippen LogP contribution in [-0.2, 0) is 22.7 Å². The first-order valence-electron chi connectivity index (χ1n) is 9.03. The fourth-order valence-electron chi connectivity index (χ4n) is 3.20. The summed E-state index contributed by atoms with van der Waals surface area (Å²) in [6, 6.07) is 7.75. The lowest BCUT2D eigenvalue weighted by molar-refractivity contribution is -0.921. The Morgan fingerprint density at radius 3 is 2.82 bits per heavy atom. The predicted molar refractivity (Wildman–Crippen MR) is 112 cm³/mol. The third-order valence-electron chi connectivity index (χ3n) is 4.67. The van der Waals surface area contributed by atoms with Crippen molar-refractivity contribution in [2.45, 2.75) is 18.5 Å². The molecule has 150 valence electrons. The molecule has 1 saturated heterocycles. The maximum Gasteiger partial charge on any atom is 0.324 e. The molecule has 9 heteroatoms. The van der Waals surface area contributed by atoms with Crippen molar-refractivity contribution < 1.29 is 19.2 Å². The molecule has 28 heavy (non-hydrogen) atoms. The van der Waals surface area contributed by atoms with Crippen molar-refractivity contribution in [3.8, 4) is 17.1 Å². The highest BCUT2D eigenvalue weighted by atomic mass is 32.2. The molecule has 1 aromatic carbocycles. The van der Waals surface area contributed by atoms with E-state index in [0.717, 1.165) is 29.4 Å². The number of nitrogens with zero attached hydrogens (tertiary/aromatic N) is 3. The van der Waals surface area contributed by atoms with Crippen LogP contribution < -0.4 is 9.64 Å². The molecule has 0 amide bonds. The Bertz CT molecular complexity index is 892. The summed E-state index contributed by atoms with van der Waals surface area (Å²) in [6.45, 7) is 6.68. The van der Waals surface area contributed by atoms with Crippen LogP contribution in [0.15, 0.2) is 36.9 Å². The topological polar surface area (TPSA) is 62.7 Å². The highest BCUT2D eigenvalue weighted by molar-refractivity contribution is 8.00. The van der Waals surface area contributed by atoms with Gasteiger partial charge >= 0.3 is 5.97 Å². The molecule has 1 aliphatic heterocycles. The van der Waals surface area contributed by atoms with Crippen molar-refractivity contribution in [1.82, 2.24) is 14.3 Å². The van der Waals surface area contributed by atoms with Gasteiger partial charge in [-0.2, -0.15) is 4.68 Å². The van der Waals surface area contributed by atoms with E-state index in [2.05, 4.69) is 6.58 Å². The van der Waals surface area contributed by atoms with Crippen molar-refractivity contribution in [2.24, 2.45) is 0 Å². The first-order chi connectivity index (χ1) is 13.6.